The molecule has 6 N–H and O–H groups in total. The number of ether oxygens (including phenoxy) is 2. The molecule has 0 amide bonds. The maximum atomic E-state index is 12.7. The summed E-state index contributed by atoms with van der Waals surface area (Å²) in [6, 6.07) is 0. The van der Waals surface area contributed by atoms with Gasteiger partial charge < -0.3 is 39.9 Å². The topological polar surface area (TPSA) is 210 Å². The van der Waals surface area contributed by atoms with Gasteiger partial charge in [0, 0.05) is 12.8 Å². The third kappa shape index (κ3) is 25.5. The van der Waals surface area contributed by atoms with Gasteiger partial charge in [-0.05, 0) is 38.5 Å². The highest BCUT2D eigenvalue weighted by molar-refractivity contribution is 7.47. The van der Waals surface area contributed by atoms with Crippen molar-refractivity contribution in [3.63, 3.8) is 0 Å². The van der Waals surface area contributed by atoms with Crippen LogP contribution in [0.4, 0.5) is 0 Å². The lowest BCUT2D eigenvalue weighted by Crippen LogP contribution is -2.64. The number of carbonyl (C=O) groups excluding carboxylic acids is 2. The number of aliphatic hydroxyl groups excluding tert-OH is 5. The molecule has 324 valence electrons. The van der Waals surface area contributed by atoms with Gasteiger partial charge in [0.2, 0.25) is 0 Å². The first-order valence-electron chi connectivity index (χ1n) is 21.5. The van der Waals surface area contributed by atoms with Crippen LogP contribution < -0.4 is 0 Å². The summed E-state index contributed by atoms with van der Waals surface area (Å²) in [5.74, 6) is -1.10. The van der Waals surface area contributed by atoms with E-state index in [-0.39, 0.29) is 12.8 Å². The molecule has 55 heavy (non-hydrogen) atoms. The Morgan fingerprint density at radius 1 is 0.545 bits per heavy atom. The first kappa shape index (κ1) is 51.6. The molecule has 0 aliphatic heterocycles. The second kappa shape index (κ2) is 32.5. The molecule has 1 aliphatic rings. The Bertz CT molecular complexity index is 1030. The highest BCUT2D eigenvalue weighted by atomic mass is 31.2. The fourth-order valence-corrected chi connectivity index (χ4v) is 7.55. The van der Waals surface area contributed by atoms with E-state index in [1.807, 2.05) is 0 Å². The van der Waals surface area contributed by atoms with Crippen LogP contribution in [0.3, 0.4) is 0 Å². The van der Waals surface area contributed by atoms with Crippen LogP contribution >= 0.6 is 7.82 Å². The summed E-state index contributed by atoms with van der Waals surface area (Å²) in [5, 5.41) is 50.0. The van der Waals surface area contributed by atoms with Crippen LogP contribution in [0.5, 0.6) is 0 Å². The number of hydrogen-bond acceptors (Lipinski definition) is 12. The Morgan fingerprint density at radius 3 is 1.38 bits per heavy atom. The fourth-order valence-electron chi connectivity index (χ4n) is 6.58. The monoisotopic (exact) mass is 809 g/mol. The number of rotatable bonds is 35. The lowest BCUT2D eigenvalue weighted by atomic mass is 9.85. The highest BCUT2D eigenvalue weighted by Gasteiger charge is 2.51. The van der Waals surface area contributed by atoms with Crippen molar-refractivity contribution in [3.05, 3.63) is 12.2 Å². The molecule has 0 heterocycles. The van der Waals surface area contributed by atoms with Crippen molar-refractivity contribution < 1.29 is 63.1 Å². The normalized spacial score (nSPS) is 23.1. The van der Waals surface area contributed by atoms with Crippen LogP contribution in [0.2, 0.25) is 0 Å². The molecule has 0 spiro atoms. The van der Waals surface area contributed by atoms with Gasteiger partial charge in [-0.25, -0.2) is 4.57 Å². The van der Waals surface area contributed by atoms with Crippen molar-refractivity contribution >= 4 is 19.8 Å². The van der Waals surface area contributed by atoms with Crippen molar-refractivity contribution in [2.45, 2.75) is 224 Å². The Balaban J connectivity index is 2.45. The molecule has 1 aliphatic carbocycles. The van der Waals surface area contributed by atoms with Gasteiger partial charge in [-0.3, -0.25) is 18.6 Å². The van der Waals surface area contributed by atoms with E-state index < -0.39 is 75.7 Å². The summed E-state index contributed by atoms with van der Waals surface area (Å²) in [6.45, 7) is 3.25. The summed E-state index contributed by atoms with van der Waals surface area (Å²) in [6.07, 6.45) is 18.6. The lowest BCUT2D eigenvalue weighted by molar-refractivity contribution is -0.220. The molecule has 0 aromatic heterocycles. The van der Waals surface area contributed by atoms with E-state index in [9.17, 15) is 44.6 Å². The van der Waals surface area contributed by atoms with Crippen molar-refractivity contribution in [2.24, 2.45) is 0 Å². The molecule has 1 rings (SSSR count). The zero-order valence-electron chi connectivity index (χ0n) is 34.0. The van der Waals surface area contributed by atoms with Crippen LogP contribution in [-0.4, -0.2) is 98.3 Å². The predicted molar refractivity (Wildman–Crippen MR) is 212 cm³/mol. The van der Waals surface area contributed by atoms with E-state index in [1.165, 1.54) is 83.5 Å². The minimum absolute atomic E-state index is 0.0993. The second-order valence-corrected chi connectivity index (χ2v) is 16.6. The average molecular weight is 809 g/mol. The molecule has 6 unspecified atom stereocenters. The molecule has 0 saturated heterocycles. The van der Waals surface area contributed by atoms with E-state index in [0.29, 0.717) is 12.8 Å². The number of carbonyl (C=O) groups is 2. The summed E-state index contributed by atoms with van der Waals surface area (Å²) in [4.78, 5) is 35.5. The zero-order chi connectivity index (χ0) is 40.7. The number of aliphatic hydroxyl groups is 5. The summed E-state index contributed by atoms with van der Waals surface area (Å²) in [7, 11) is -5.10. The van der Waals surface area contributed by atoms with Gasteiger partial charge in [-0.1, -0.05) is 142 Å². The van der Waals surface area contributed by atoms with Crippen LogP contribution in [0.15, 0.2) is 12.2 Å². The number of unbranched alkanes of at least 4 members (excludes halogenated alkanes) is 21. The minimum Gasteiger partial charge on any atom is -0.462 e. The number of esters is 2. The quantitative estimate of drug-likeness (QED) is 0.0159. The minimum atomic E-state index is -5.10. The Labute approximate surface area is 331 Å². The molecule has 0 aromatic carbocycles. The van der Waals surface area contributed by atoms with Crippen LogP contribution in [-0.2, 0) is 32.7 Å². The van der Waals surface area contributed by atoms with Crippen LogP contribution in [0.1, 0.15) is 181 Å². The van der Waals surface area contributed by atoms with E-state index in [4.69, 9.17) is 18.5 Å². The maximum Gasteiger partial charge on any atom is 0.472 e. The molecule has 8 atom stereocenters. The molecule has 0 radical (unpaired) electrons. The van der Waals surface area contributed by atoms with E-state index >= 15 is 0 Å². The Morgan fingerprint density at radius 2 is 0.927 bits per heavy atom. The van der Waals surface area contributed by atoms with E-state index in [0.717, 1.165) is 57.8 Å². The van der Waals surface area contributed by atoms with Crippen LogP contribution in [0.25, 0.3) is 0 Å². The van der Waals surface area contributed by atoms with Crippen molar-refractivity contribution in [2.75, 3.05) is 13.2 Å². The number of allylic oxidation sites excluding steroid dienone is 2. The third-order valence-corrected chi connectivity index (χ3v) is 11.1. The maximum absolute atomic E-state index is 12.7. The first-order chi connectivity index (χ1) is 26.4. The average Bonchev–Trinajstić information content (AvgIpc) is 3.16. The highest BCUT2D eigenvalue weighted by Crippen LogP contribution is 2.47. The Kier molecular flexibility index (Phi) is 30.5. The SMILES string of the molecule is CCCCCCCC/C=C/CCCCCCCCCC(=O)OC[C@@H](COP(=O)(O)OC1C(O)C(O)C(O)[C@H](O)C1O)OC(=O)CCCCCCCCCCC. The second-order valence-electron chi connectivity index (χ2n) is 15.2. The van der Waals surface area contributed by atoms with Gasteiger partial charge in [-0.15, -0.1) is 0 Å². The summed E-state index contributed by atoms with van der Waals surface area (Å²) < 4.78 is 33.4. The third-order valence-electron chi connectivity index (χ3n) is 10.1. The lowest BCUT2D eigenvalue weighted by Gasteiger charge is -2.41. The molecule has 14 heteroatoms. The molecule has 0 aromatic rings. The molecular formula is C41H77O13P. The van der Waals surface area contributed by atoms with Gasteiger partial charge in [0.15, 0.2) is 6.10 Å². The molecule has 13 nitrogen and oxygen atoms in total. The largest absolute Gasteiger partial charge is 0.472 e. The number of hydrogen-bond donors (Lipinski definition) is 6. The van der Waals surface area contributed by atoms with Crippen LogP contribution in [0, 0.1) is 0 Å². The summed E-state index contributed by atoms with van der Waals surface area (Å²) in [5.41, 5.74) is 0. The van der Waals surface area contributed by atoms with Crippen molar-refractivity contribution in [3.8, 4) is 0 Å². The van der Waals surface area contributed by atoms with Gasteiger partial charge in [0.1, 0.15) is 43.2 Å². The van der Waals surface area contributed by atoms with Gasteiger partial charge in [-0.2, -0.15) is 0 Å². The van der Waals surface area contributed by atoms with Gasteiger partial charge >= 0.3 is 19.8 Å². The summed E-state index contributed by atoms with van der Waals surface area (Å²) >= 11 is 0. The van der Waals surface area contributed by atoms with Crippen molar-refractivity contribution in [1.82, 2.24) is 0 Å². The van der Waals surface area contributed by atoms with E-state index in [1.54, 1.807) is 0 Å². The van der Waals surface area contributed by atoms with Crippen molar-refractivity contribution in [1.29, 1.82) is 0 Å². The molecular weight excluding hydrogens is 731 g/mol. The number of phosphoric ester groups is 1. The molecule has 0 bridgehead atoms. The first-order valence-corrected chi connectivity index (χ1v) is 23.0. The van der Waals surface area contributed by atoms with E-state index in [2.05, 4.69) is 26.0 Å². The fraction of sp³-hybridized carbons (Fsp3) is 0.902. The van der Waals surface area contributed by atoms with Gasteiger partial charge in [0.05, 0.1) is 6.61 Å². The molecule has 1 fully saturated rings. The predicted octanol–water partition coefficient (Wildman–Crippen LogP) is 7.50. The smallest absolute Gasteiger partial charge is 0.462 e. The zero-order valence-corrected chi connectivity index (χ0v) is 34.9. The van der Waals surface area contributed by atoms with Gasteiger partial charge in [0.25, 0.3) is 0 Å². The Hall–Kier alpha value is -1.41. The molecule has 1 saturated carbocycles. The number of phosphoric acid groups is 1. The standard InChI is InChI=1S/C41H77O13P/c1-3-5-7-9-11-13-14-15-16-17-18-19-20-22-23-25-27-29-34(42)51-31-33(53-35(43)30-28-26-24-21-12-10-8-6-4-2)32-52-55(49,50)54-41-39(47)37(45)36(44)38(46)40(41)48/h15-16,33,36-41,44-48H,3-14,17-32H2,1-2H3,(H,49,50)/b16-15+/t33-,36?,37-,38?,39?,40?,41?/m0/s1.